The van der Waals surface area contributed by atoms with Crippen molar-refractivity contribution in [3.05, 3.63) is 29.3 Å². The van der Waals surface area contributed by atoms with Crippen molar-refractivity contribution >= 4 is 23.4 Å². The van der Waals surface area contributed by atoms with E-state index in [0.29, 0.717) is 6.54 Å². The summed E-state index contributed by atoms with van der Waals surface area (Å²) < 4.78 is 5.49. The summed E-state index contributed by atoms with van der Waals surface area (Å²) >= 11 is 7.81. The number of ether oxygens (including phenoxy) is 1. The molecule has 0 aliphatic carbocycles. The molecule has 1 aromatic carbocycles. The Bertz CT molecular complexity index is 309. The van der Waals surface area contributed by atoms with Crippen LogP contribution in [0.25, 0.3) is 0 Å². The average Bonchev–Trinajstić information content (AvgIpc) is 2.30. The van der Waals surface area contributed by atoms with Crippen LogP contribution in [0.3, 0.4) is 0 Å². The van der Waals surface area contributed by atoms with Gasteiger partial charge in [0.05, 0.1) is 11.1 Å². The standard InChI is InChI=1S/C12H18ClNOS/c1-2-15-10(9-14)7-8-16-12-6-4-3-5-11(12)13/h3-6,10H,2,7-9,14H2,1H3. The molecule has 90 valence electrons. The Morgan fingerprint density at radius 3 is 2.81 bits per heavy atom. The minimum Gasteiger partial charge on any atom is -0.377 e. The van der Waals surface area contributed by atoms with Crippen molar-refractivity contribution in [2.24, 2.45) is 5.73 Å². The van der Waals surface area contributed by atoms with Gasteiger partial charge in [0.15, 0.2) is 0 Å². The van der Waals surface area contributed by atoms with Gasteiger partial charge in [0.25, 0.3) is 0 Å². The zero-order valence-corrected chi connectivity index (χ0v) is 11.1. The van der Waals surface area contributed by atoms with E-state index < -0.39 is 0 Å². The number of hydrogen-bond acceptors (Lipinski definition) is 3. The first kappa shape index (κ1) is 13.8. The van der Waals surface area contributed by atoms with Crippen LogP contribution in [0.4, 0.5) is 0 Å². The molecule has 1 unspecified atom stereocenters. The summed E-state index contributed by atoms with van der Waals surface area (Å²) in [5, 5.41) is 0.813. The van der Waals surface area contributed by atoms with Crippen molar-refractivity contribution < 1.29 is 4.74 Å². The molecule has 0 bridgehead atoms. The largest absolute Gasteiger partial charge is 0.377 e. The minimum absolute atomic E-state index is 0.167. The third-order valence-corrected chi connectivity index (χ3v) is 3.75. The molecule has 0 saturated carbocycles. The highest BCUT2D eigenvalue weighted by Gasteiger charge is 2.06. The Morgan fingerprint density at radius 2 is 2.19 bits per heavy atom. The number of benzene rings is 1. The predicted molar refractivity (Wildman–Crippen MR) is 71.3 cm³/mol. The van der Waals surface area contributed by atoms with Gasteiger partial charge in [-0.05, 0) is 25.5 Å². The van der Waals surface area contributed by atoms with Crippen molar-refractivity contribution in [1.82, 2.24) is 0 Å². The van der Waals surface area contributed by atoms with Crippen LogP contribution >= 0.6 is 23.4 Å². The van der Waals surface area contributed by atoms with Gasteiger partial charge in [-0.15, -0.1) is 11.8 Å². The number of thioether (sulfide) groups is 1. The Kier molecular flexibility index (Phi) is 6.88. The molecule has 2 N–H and O–H groups in total. The topological polar surface area (TPSA) is 35.2 Å². The van der Waals surface area contributed by atoms with Crippen LogP contribution in [-0.4, -0.2) is 25.0 Å². The molecule has 0 heterocycles. The third-order valence-electron chi connectivity index (χ3n) is 2.20. The highest BCUT2D eigenvalue weighted by molar-refractivity contribution is 7.99. The summed E-state index contributed by atoms with van der Waals surface area (Å²) in [4.78, 5) is 1.12. The molecule has 0 aromatic heterocycles. The molecular weight excluding hydrogens is 242 g/mol. The zero-order valence-electron chi connectivity index (χ0n) is 9.49. The van der Waals surface area contributed by atoms with E-state index in [2.05, 4.69) is 0 Å². The van der Waals surface area contributed by atoms with Gasteiger partial charge in [0.1, 0.15) is 0 Å². The van der Waals surface area contributed by atoms with Crippen LogP contribution in [-0.2, 0) is 4.74 Å². The smallest absolute Gasteiger partial charge is 0.0705 e. The zero-order chi connectivity index (χ0) is 11.8. The van der Waals surface area contributed by atoms with Crippen molar-refractivity contribution in [2.45, 2.75) is 24.3 Å². The molecule has 16 heavy (non-hydrogen) atoms. The summed E-state index contributed by atoms with van der Waals surface area (Å²) in [5.74, 6) is 0.978. The summed E-state index contributed by atoms with van der Waals surface area (Å²) in [5.41, 5.74) is 5.61. The van der Waals surface area contributed by atoms with Gasteiger partial charge in [0, 0.05) is 23.8 Å². The van der Waals surface area contributed by atoms with Gasteiger partial charge in [-0.25, -0.2) is 0 Å². The van der Waals surface area contributed by atoms with Crippen molar-refractivity contribution in [2.75, 3.05) is 18.9 Å². The Labute approximate surface area is 107 Å². The van der Waals surface area contributed by atoms with Crippen molar-refractivity contribution in [3.8, 4) is 0 Å². The van der Waals surface area contributed by atoms with E-state index in [1.54, 1.807) is 11.8 Å². The van der Waals surface area contributed by atoms with E-state index in [1.165, 1.54) is 0 Å². The summed E-state index contributed by atoms with van der Waals surface area (Å²) in [6.07, 6.45) is 1.13. The second kappa shape index (κ2) is 7.96. The molecule has 0 saturated heterocycles. The number of nitrogens with two attached hydrogens (primary N) is 1. The quantitative estimate of drug-likeness (QED) is 0.764. The highest BCUT2D eigenvalue weighted by atomic mass is 35.5. The molecule has 2 nitrogen and oxygen atoms in total. The number of rotatable bonds is 7. The maximum atomic E-state index is 6.06. The molecule has 0 spiro atoms. The van der Waals surface area contributed by atoms with E-state index in [1.807, 2.05) is 31.2 Å². The predicted octanol–water partition coefficient (Wildman–Crippen LogP) is 3.19. The molecule has 0 aliphatic rings. The number of hydrogen-bond donors (Lipinski definition) is 1. The summed E-state index contributed by atoms with van der Waals surface area (Å²) in [6, 6.07) is 7.88. The fraction of sp³-hybridized carbons (Fsp3) is 0.500. The maximum absolute atomic E-state index is 6.06. The van der Waals surface area contributed by atoms with Gasteiger partial charge < -0.3 is 10.5 Å². The molecule has 1 rings (SSSR count). The Balaban J connectivity index is 2.32. The lowest BCUT2D eigenvalue weighted by Gasteiger charge is -2.14. The van der Waals surface area contributed by atoms with Gasteiger partial charge in [-0.2, -0.15) is 0 Å². The second-order valence-electron chi connectivity index (χ2n) is 3.38. The van der Waals surface area contributed by atoms with Crippen LogP contribution in [0.15, 0.2) is 29.2 Å². The molecule has 0 amide bonds. The monoisotopic (exact) mass is 259 g/mol. The average molecular weight is 260 g/mol. The Morgan fingerprint density at radius 1 is 1.44 bits per heavy atom. The van der Waals surface area contributed by atoms with Crippen molar-refractivity contribution in [3.63, 3.8) is 0 Å². The van der Waals surface area contributed by atoms with Crippen LogP contribution in [0.5, 0.6) is 0 Å². The maximum Gasteiger partial charge on any atom is 0.0705 e. The lowest BCUT2D eigenvalue weighted by molar-refractivity contribution is 0.0674. The second-order valence-corrected chi connectivity index (χ2v) is 4.92. The van der Waals surface area contributed by atoms with Gasteiger partial charge in [-0.1, -0.05) is 23.7 Å². The first-order chi connectivity index (χ1) is 7.77. The van der Waals surface area contributed by atoms with E-state index in [9.17, 15) is 0 Å². The minimum atomic E-state index is 0.167. The molecule has 4 heteroatoms. The molecule has 1 atom stereocenters. The SMILES string of the molecule is CCOC(CN)CCSc1ccccc1Cl. The fourth-order valence-electron chi connectivity index (χ4n) is 1.37. The van der Waals surface area contributed by atoms with E-state index >= 15 is 0 Å². The van der Waals surface area contributed by atoms with Crippen LogP contribution in [0.1, 0.15) is 13.3 Å². The lowest BCUT2D eigenvalue weighted by atomic mass is 10.3. The van der Waals surface area contributed by atoms with Gasteiger partial charge in [0.2, 0.25) is 0 Å². The van der Waals surface area contributed by atoms with Gasteiger partial charge in [-0.3, -0.25) is 0 Å². The van der Waals surface area contributed by atoms with Crippen LogP contribution in [0, 0.1) is 0 Å². The first-order valence-corrected chi connectivity index (χ1v) is 6.83. The Hall–Kier alpha value is -0.220. The molecular formula is C12H18ClNOS. The third kappa shape index (κ3) is 4.74. The molecule has 0 aliphatic heterocycles. The van der Waals surface area contributed by atoms with Crippen LogP contribution in [0.2, 0.25) is 5.02 Å². The van der Waals surface area contributed by atoms with E-state index in [4.69, 9.17) is 22.1 Å². The first-order valence-electron chi connectivity index (χ1n) is 5.47. The highest BCUT2D eigenvalue weighted by Crippen LogP contribution is 2.27. The molecule has 1 aromatic rings. The summed E-state index contributed by atoms with van der Waals surface area (Å²) in [7, 11) is 0. The normalized spacial score (nSPS) is 12.7. The lowest BCUT2D eigenvalue weighted by Crippen LogP contribution is -2.24. The molecule has 0 radical (unpaired) electrons. The molecule has 0 fully saturated rings. The fourth-order valence-corrected chi connectivity index (χ4v) is 2.65. The van der Waals surface area contributed by atoms with Crippen molar-refractivity contribution in [1.29, 1.82) is 0 Å². The summed E-state index contributed by atoms with van der Waals surface area (Å²) in [6.45, 7) is 3.29. The van der Waals surface area contributed by atoms with Crippen LogP contribution < -0.4 is 5.73 Å². The van der Waals surface area contributed by atoms with E-state index in [0.717, 1.165) is 28.7 Å². The number of halogens is 1. The van der Waals surface area contributed by atoms with E-state index in [-0.39, 0.29) is 6.10 Å². The van der Waals surface area contributed by atoms with Gasteiger partial charge >= 0.3 is 0 Å².